The Morgan fingerprint density at radius 1 is 1.53 bits per heavy atom. The molecule has 1 aliphatic rings. The second-order valence-electron chi connectivity index (χ2n) is 4.66. The van der Waals surface area contributed by atoms with E-state index >= 15 is 0 Å². The van der Waals surface area contributed by atoms with E-state index < -0.39 is 0 Å². The van der Waals surface area contributed by atoms with Gasteiger partial charge in [0.1, 0.15) is 0 Å². The van der Waals surface area contributed by atoms with Crippen LogP contribution in [-0.4, -0.2) is 34.9 Å². The smallest absolute Gasteiger partial charge is 0.254 e. The normalized spacial score (nSPS) is 24.7. The van der Waals surface area contributed by atoms with Crippen LogP contribution in [0.5, 0.6) is 0 Å². The number of nitrogens with two attached hydrogens (primary N) is 1. The zero-order valence-electron chi connectivity index (χ0n) is 10.2. The molecule has 2 atom stereocenters. The first kappa shape index (κ1) is 12.0. The van der Waals surface area contributed by atoms with Crippen molar-refractivity contribution in [1.29, 1.82) is 0 Å². The van der Waals surface area contributed by atoms with Crippen LogP contribution < -0.4 is 5.73 Å². The Kier molecular flexibility index (Phi) is 3.74. The van der Waals surface area contributed by atoms with Crippen molar-refractivity contribution >= 4 is 5.91 Å². The first-order valence-corrected chi connectivity index (χ1v) is 6.15. The third-order valence-electron chi connectivity index (χ3n) is 3.55. The van der Waals surface area contributed by atoms with E-state index in [2.05, 4.69) is 11.9 Å². The van der Waals surface area contributed by atoms with Crippen LogP contribution in [-0.2, 0) is 0 Å². The van der Waals surface area contributed by atoms with E-state index in [4.69, 9.17) is 5.73 Å². The Morgan fingerprint density at radius 3 is 2.88 bits per heavy atom. The topological polar surface area (TPSA) is 59.2 Å². The minimum Gasteiger partial charge on any atom is -0.334 e. The van der Waals surface area contributed by atoms with Gasteiger partial charge in [-0.05, 0) is 30.9 Å². The lowest BCUT2D eigenvalue weighted by Crippen LogP contribution is -2.51. The number of likely N-dealkylation sites (tertiary alicyclic amines) is 1. The maximum Gasteiger partial charge on any atom is 0.254 e. The van der Waals surface area contributed by atoms with E-state index in [1.807, 2.05) is 4.90 Å². The monoisotopic (exact) mass is 233 g/mol. The Hall–Kier alpha value is -1.42. The lowest BCUT2D eigenvalue weighted by molar-refractivity contribution is 0.0532. The van der Waals surface area contributed by atoms with Gasteiger partial charge in [-0.1, -0.05) is 6.92 Å². The minimum atomic E-state index is 0.0781. The molecule has 92 valence electrons. The van der Waals surface area contributed by atoms with E-state index in [0.29, 0.717) is 18.0 Å². The number of hydrogen-bond donors (Lipinski definition) is 1. The highest BCUT2D eigenvalue weighted by Gasteiger charge is 2.31. The molecule has 0 bridgehead atoms. The number of carbonyl (C=O) groups is 1. The quantitative estimate of drug-likeness (QED) is 0.837. The molecule has 2 heterocycles. The lowest BCUT2D eigenvalue weighted by atomic mass is 9.90. The summed E-state index contributed by atoms with van der Waals surface area (Å²) in [6, 6.07) is 3.69. The summed E-state index contributed by atoms with van der Waals surface area (Å²) in [5, 5.41) is 0. The van der Waals surface area contributed by atoms with E-state index in [1.165, 1.54) is 0 Å². The standard InChI is InChI=1S/C13H19N3O/c1-10-3-2-8-16(12(10)9-14)13(17)11-4-6-15-7-5-11/h4-7,10,12H,2-3,8-9,14H2,1H3/t10-,12-/m0/s1. The van der Waals surface area contributed by atoms with Gasteiger partial charge in [0.2, 0.25) is 0 Å². The fraction of sp³-hybridized carbons (Fsp3) is 0.538. The van der Waals surface area contributed by atoms with Crippen LogP contribution in [0.25, 0.3) is 0 Å². The van der Waals surface area contributed by atoms with Crippen LogP contribution in [0.15, 0.2) is 24.5 Å². The van der Waals surface area contributed by atoms with Crippen molar-refractivity contribution in [2.75, 3.05) is 13.1 Å². The average Bonchev–Trinajstić information content (AvgIpc) is 2.38. The summed E-state index contributed by atoms with van der Waals surface area (Å²) in [5.74, 6) is 0.564. The van der Waals surface area contributed by atoms with Gasteiger partial charge in [-0.2, -0.15) is 0 Å². The number of nitrogens with zero attached hydrogens (tertiary/aromatic N) is 2. The Balaban J connectivity index is 2.18. The fourth-order valence-electron chi connectivity index (χ4n) is 2.52. The van der Waals surface area contributed by atoms with Crippen LogP contribution in [0.3, 0.4) is 0 Å². The highest BCUT2D eigenvalue weighted by Crippen LogP contribution is 2.24. The molecule has 1 saturated heterocycles. The summed E-state index contributed by atoms with van der Waals surface area (Å²) in [6.07, 6.45) is 5.52. The third kappa shape index (κ3) is 2.47. The molecule has 0 aromatic carbocycles. The molecular formula is C13H19N3O. The molecule has 1 aromatic rings. The van der Waals surface area contributed by atoms with E-state index in [0.717, 1.165) is 19.4 Å². The van der Waals surface area contributed by atoms with E-state index in [-0.39, 0.29) is 11.9 Å². The van der Waals surface area contributed by atoms with Crippen LogP contribution in [0.1, 0.15) is 30.1 Å². The van der Waals surface area contributed by atoms with Gasteiger partial charge in [0, 0.05) is 37.1 Å². The van der Waals surface area contributed by atoms with Gasteiger partial charge < -0.3 is 10.6 Å². The van der Waals surface area contributed by atoms with E-state index in [9.17, 15) is 4.79 Å². The first-order chi connectivity index (χ1) is 8.24. The van der Waals surface area contributed by atoms with Gasteiger partial charge >= 0.3 is 0 Å². The summed E-state index contributed by atoms with van der Waals surface area (Å²) < 4.78 is 0. The maximum atomic E-state index is 12.4. The van der Waals surface area contributed by atoms with Gasteiger partial charge in [-0.25, -0.2) is 0 Å². The molecule has 1 fully saturated rings. The van der Waals surface area contributed by atoms with Gasteiger partial charge in [0.15, 0.2) is 0 Å². The van der Waals surface area contributed by atoms with Crippen molar-refractivity contribution in [3.05, 3.63) is 30.1 Å². The molecular weight excluding hydrogens is 214 g/mol. The number of hydrogen-bond acceptors (Lipinski definition) is 3. The molecule has 0 aliphatic carbocycles. The van der Waals surface area contributed by atoms with Gasteiger partial charge in [-0.15, -0.1) is 0 Å². The largest absolute Gasteiger partial charge is 0.334 e. The SMILES string of the molecule is C[C@H]1CCCN(C(=O)c2ccncc2)[C@H]1CN. The number of amides is 1. The Morgan fingerprint density at radius 2 is 2.24 bits per heavy atom. The predicted octanol–water partition coefficient (Wildman–Crippen LogP) is 1.28. The molecule has 4 nitrogen and oxygen atoms in total. The molecule has 0 saturated carbocycles. The first-order valence-electron chi connectivity index (χ1n) is 6.15. The number of pyridine rings is 1. The van der Waals surface area contributed by atoms with Gasteiger partial charge in [-0.3, -0.25) is 9.78 Å². The highest BCUT2D eigenvalue weighted by atomic mass is 16.2. The average molecular weight is 233 g/mol. The van der Waals surface area contributed by atoms with Crippen molar-refractivity contribution in [2.45, 2.75) is 25.8 Å². The molecule has 17 heavy (non-hydrogen) atoms. The second kappa shape index (κ2) is 5.27. The number of carbonyl (C=O) groups excluding carboxylic acids is 1. The van der Waals surface area contributed by atoms with Crippen molar-refractivity contribution in [2.24, 2.45) is 11.7 Å². The Labute approximate surface area is 102 Å². The fourth-order valence-corrected chi connectivity index (χ4v) is 2.52. The summed E-state index contributed by atoms with van der Waals surface area (Å²) in [4.78, 5) is 18.2. The van der Waals surface area contributed by atoms with Gasteiger partial charge in [0.25, 0.3) is 5.91 Å². The molecule has 0 radical (unpaired) electrons. The summed E-state index contributed by atoms with van der Waals surface area (Å²) >= 11 is 0. The summed E-state index contributed by atoms with van der Waals surface area (Å²) in [7, 11) is 0. The van der Waals surface area contributed by atoms with Crippen molar-refractivity contribution < 1.29 is 4.79 Å². The van der Waals surface area contributed by atoms with Crippen LogP contribution in [0.2, 0.25) is 0 Å². The van der Waals surface area contributed by atoms with Gasteiger partial charge in [0.05, 0.1) is 0 Å². The lowest BCUT2D eigenvalue weighted by Gasteiger charge is -2.39. The summed E-state index contributed by atoms with van der Waals surface area (Å²) in [6.45, 7) is 3.52. The molecule has 2 N–H and O–H groups in total. The van der Waals surface area contributed by atoms with Crippen LogP contribution in [0, 0.1) is 5.92 Å². The van der Waals surface area contributed by atoms with E-state index in [1.54, 1.807) is 24.5 Å². The number of rotatable bonds is 2. The number of piperidine rings is 1. The molecule has 1 amide bonds. The zero-order valence-corrected chi connectivity index (χ0v) is 10.2. The van der Waals surface area contributed by atoms with Crippen molar-refractivity contribution in [3.8, 4) is 0 Å². The van der Waals surface area contributed by atoms with Crippen molar-refractivity contribution in [3.63, 3.8) is 0 Å². The highest BCUT2D eigenvalue weighted by molar-refractivity contribution is 5.94. The molecule has 4 heteroatoms. The molecule has 0 unspecified atom stereocenters. The molecule has 1 aromatic heterocycles. The summed E-state index contributed by atoms with van der Waals surface area (Å²) in [5.41, 5.74) is 6.50. The molecule has 0 spiro atoms. The van der Waals surface area contributed by atoms with Crippen molar-refractivity contribution in [1.82, 2.24) is 9.88 Å². The zero-order chi connectivity index (χ0) is 12.3. The third-order valence-corrected chi connectivity index (χ3v) is 3.55. The van der Waals surface area contributed by atoms with Crippen LogP contribution in [0.4, 0.5) is 0 Å². The predicted molar refractivity (Wildman–Crippen MR) is 66.5 cm³/mol. The number of aromatic nitrogens is 1. The molecule has 1 aliphatic heterocycles. The Bertz CT molecular complexity index is 380. The van der Waals surface area contributed by atoms with Crippen LogP contribution >= 0.6 is 0 Å². The molecule has 2 rings (SSSR count). The second-order valence-corrected chi connectivity index (χ2v) is 4.66. The minimum absolute atomic E-state index is 0.0781. The maximum absolute atomic E-state index is 12.4.